The minimum Gasteiger partial charge on any atom is -0.507 e. The number of hydrogen-bond acceptors (Lipinski definition) is 3. The standard InChI is InChI=1S/C22H18ClF3O3/c1-12-9-16(13-5-4-6-14(10-13)22(24,25)26)17(23)11-15(12)18-19(27)21(29-20(18)28)7-2-3-8-21/h4-6,9-11,27H,2-3,7-8H2,1H3. The predicted octanol–water partition coefficient (Wildman–Crippen LogP) is 6.47. The Kier molecular flexibility index (Phi) is 4.65. The molecule has 4 rings (SSSR count). The number of halogens is 4. The van der Waals surface area contributed by atoms with Gasteiger partial charge in [-0.25, -0.2) is 4.79 Å². The molecule has 1 fully saturated rings. The summed E-state index contributed by atoms with van der Waals surface area (Å²) >= 11 is 6.39. The maximum absolute atomic E-state index is 13.0. The molecule has 2 aromatic carbocycles. The van der Waals surface area contributed by atoms with Crippen molar-refractivity contribution in [3.63, 3.8) is 0 Å². The molecule has 7 heteroatoms. The van der Waals surface area contributed by atoms with Crippen LogP contribution in [-0.4, -0.2) is 16.7 Å². The van der Waals surface area contributed by atoms with Gasteiger partial charge in [-0.2, -0.15) is 13.2 Å². The lowest BCUT2D eigenvalue weighted by molar-refractivity contribution is -0.146. The molecule has 152 valence electrons. The minimum absolute atomic E-state index is 0.0778. The molecule has 2 aromatic rings. The molecule has 3 nitrogen and oxygen atoms in total. The molecule has 0 amide bonds. The monoisotopic (exact) mass is 422 g/mol. The first-order valence-electron chi connectivity index (χ1n) is 9.28. The molecule has 1 saturated carbocycles. The molecule has 0 unspecified atom stereocenters. The van der Waals surface area contributed by atoms with E-state index >= 15 is 0 Å². The maximum atomic E-state index is 13.0. The van der Waals surface area contributed by atoms with Gasteiger partial charge in [0.2, 0.25) is 0 Å². The number of carbonyl (C=O) groups is 1. The summed E-state index contributed by atoms with van der Waals surface area (Å²) < 4.78 is 44.7. The molecule has 0 radical (unpaired) electrons. The number of aryl methyl sites for hydroxylation is 1. The number of esters is 1. The van der Waals surface area contributed by atoms with Crippen LogP contribution in [0.3, 0.4) is 0 Å². The second kappa shape index (κ2) is 6.80. The van der Waals surface area contributed by atoms with Crippen LogP contribution in [0, 0.1) is 6.92 Å². The number of aliphatic hydroxyl groups excluding tert-OH is 1. The summed E-state index contributed by atoms with van der Waals surface area (Å²) in [6.07, 6.45) is -1.60. The topological polar surface area (TPSA) is 46.5 Å². The van der Waals surface area contributed by atoms with Crippen molar-refractivity contribution in [1.29, 1.82) is 0 Å². The molecule has 1 N–H and O–H groups in total. The Morgan fingerprint density at radius 1 is 1.10 bits per heavy atom. The van der Waals surface area contributed by atoms with Crippen LogP contribution in [0.25, 0.3) is 16.7 Å². The van der Waals surface area contributed by atoms with Gasteiger partial charge in [0.25, 0.3) is 0 Å². The van der Waals surface area contributed by atoms with Gasteiger partial charge in [-0.15, -0.1) is 0 Å². The molecule has 0 atom stereocenters. The molecule has 2 aliphatic rings. The van der Waals surface area contributed by atoms with Gasteiger partial charge in [0.15, 0.2) is 11.4 Å². The van der Waals surface area contributed by atoms with Gasteiger partial charge in [0.1, 0.15) is 5.57 Å². The van der Waals surface area contributed by atoms with Crippen LogP contribution < -0.4 is 0 Å². The van der Waals surface area contributed by atoms with Crippen LogP contribution in [-0.2, 0) is 15.7 Å². The highest BCUT2D eigenvalue weighted by Crippen LogP contribution is 2.47. The van der Waals surface area contributed by atoms with Crippen molar-refractivity contribution in [2.45, 2.75) is 44.4 Å². The lowest BCUT2D eigenvalue weighted by Gasteiger charge is -2.21. The van der Waals surface area contributed by atoms with Gasteiger partial charge in [0, 0.05) is 10.6 Å². The van der Waals surface area contributed by atoms with Crippen molar-refractivity contribution in [3.8, 4) is 11.1 Å². The largest absolute Gasteiger partial charge is 0.507 e. The average molecular weight is 423 g/mol. The number of hydrogen-bond donors (Lipinski definition) is 1. The number of benzene rings is 2. The first-order chi connectivity index (χ1) is 13.6. The van der Waals surface area contributed by atoms with E-state index in [4.69, 9.17) is 16.3 Å². The van der Waals surface area contributed by atoms with Crippen LogP contribution in [0.2, 0.25) is 5.02 Å². The number of rotatable bonds is 2. The smallest absolute Gasteiger partial charge is 0.416 e. The number of alkyl halides is 3. The summed E-state index contributed by atoms with van der Waals surface area (Å²) in [4.78, 5) is 12.5. The van der Waals surface area contributed by atoms with Gasteiger partial charge in [-0.3, -0.25) is 0 Å². The molecule has 1 aliphatic heterocycles. The third kappa shape index (κ3) is 3.29. The van der Waals surface area contributed by atoms with Gasteiger partial charge < -0.3 is 9.84 Å². The van der Waals surface area contributed by atoms with Crippen LogP contribution in [0.5, 0.6) is 0 Å². The van der Waals surface area contributed by atoms with Crippen LogP contribution in [0.15, 0.2) is 42.2 Å². The maximum Gasteiger partial charge on any atom is 0.416 e. The van der Waals surface area contributed by atoms with Gasteiger partial charge in [0.05, 0.1) is 5.56 Å². The third-order valence-electron chi connectivity index (χ3n) is 5.66. The zero-order valence-electron chi connectivity index (χ0n) is 15.6. The Bertz CT molecular complexity index is 1030. The Hall–Kier alpha value is -2.47. The quantitative estimate of drug-likeness (QED) is 0.564. The fourth-order valence-electron chi connectivity index (χ4n) is 4.16. The summed E-state index contributed by atoms with van der Waals surface area (Å²) in [5.74, 6) is -0.679. The Balaban J connectivity index is 1.80. The van der Waals surface area contributed by atoms with Crippen molar-refractivity contribution in [3.05, 3.63) is 63.9 Å². The van der Waals surface area contributed by atoms with Crippen LogP contribution in [0.1, 0.15) is 42.4 Å². The van der Waals surface area contributed by atoms with E-state index < -0.39 is 23.3 Å². The lowest BCUT2D eigenvalue weighted by atomic mass is 9.91. The molecule has 0 bridgehead atoms. The highest BCUT2D eigenvalue weighted by atomic mass is 35.5. The van der Waals surface area contributed by atoms with E-state index in [1.54, 1.807) is 19.1 Å². The molecule has 1 heterocycles. The molecule has 1 spiro atoms. The number of ether oxygens (including phenoxy) is 1. The van der Waals surface area contributed by atoms with Gasteiger partial charge in [-0.1, -0.05) is 23.7 Å². The normalized spacial score (nSPS) is 18.6. The highest BCUT2D eigenvalue weighted by Gasteiger charge is 2.50. The fourth-order valence-corrected chi connectivity index (χ4v) is 4.43. The summed E-state index contributed by atoms with van der Waals surface area (Å²) in [6.45, 7) is 1.72. The summed E-state index contributed by atoms with van der Waals surface area (Å²) in [7, 11) is 0. The SMILES string of the molecule is Cc1cc(-c2cccc(C(F)(F)F)c2)c(Cl)cc1C1=C(O)C2(CCCC2)OC1=O. The first kappa shape index (κ1) is 19.8. The zero-order valence-corrected chi connectivity index (χ0v) is 16.3. The van der Waals surface area contributed by atoms with Crippen molar-refractivity contribution >= 4 is 23.1 Å². The zero-order chi connectivity index (χ0) is 21.0. The van der Waals surface area contributed by atoms with Gasteiger partial charge >= 0.3 is 12.1 Å². The Morgan fingerprint density at radius 3 is 2.45 bits per heavy atom. The molecule has 0 aromatic heterocycles. The van der Waals surface area contributed by atoms with E-state index in [1.807, 2.05) is 0 Å². The molecule has 1 aliphatic carbocycles. The van der Waals surface area contributed by atoms with E-state index in [2.05, 4.69) is 0 Å². The van der Waals surface area contributed by atoms with E-state index in [0.717, 1.165) is 25.0 Å². The average Bonchev–Trinajstić information content (AvgIpc) is 3.22. The second-order valence-electron chi connectivity index (χ2n) is 7.54. The number of carbonyl (C=O) groups excluding carboxylic acids is 1. The molecular formula is C22H18ClF3O3. The second-order valence-corrected chi connectivity index (χ2v) is 7.95. The highest BCUT2D eigenvalue weighted by molar-refractivity contribution is 6.34. The van der Waals surface area contributed by atoms with Crippen LogP contribution in [0.4, 0.5) is 13.2 Å². The van der Waals surface area contributed by atoms with E-state index in [1.165, 1.54) is 12.1 Å². The summed E-state index contributed by atoms with van der Waals surface area (Å²) in [6, 6.07) is 8.03. The molecular weight excluding hydrogens is 405 g/mol. The van der Waals surface area contributed by atoms with E-state index in [9.17, 15) is 23.1 Å². The van der Waals surface area contributed by atoms with Crippen molar-refractivity contribution < 1.29 is 27.8 Å². The van der Waals surface area contributed by atoms with Crippen LogP contribution >= 0.6 is 11.6 Å². The third-order valence-corrected chi connectivity index (χ3v) is 5.97. The molecule has 0 saturated heterocycles. The first-order valence-corrected chi connectivity index (χ1v) is 9.65. The summed E-state index contributed by atoms with van der Waals surface area (Å²) in [5.41, 5.74) is 0.135. The van der Waals surface area contributed by atoms with Crippen molar-refractivity contribution in [1.82, 2.24) is 0 Å². The lowest BCUT2D eigenvalue weighted by Crippen LogP contribution is -2.27. The van der Waals surface area contributed by atoms with Gasteiger partial charge in [-0.05, 0) is 73.6 Å². The Labute approximate surface area is 170 Å². The number of aliphatic hydroxyl groups is 1. The fraction of sp³-hybridized carbons (Fsp3) is 0.318. The van der Waals surface area contributed by atoms with Crippen molar-refractivity contribution in [2.24, 2.45) is 0 Å². The van der Waals surface area contributed by atoms with Crippen molar-refractivity contribution in [2.75, 3.05) is 0 Å². The molecule has 29 heavy (non-hydrogen) atoms. The van der Waals surface area contributed by atoms with E-state index in [0.29, 0.717) is 35.1 Å². The predicted molar refractivity (Wildman–Crippen MR) is 103 cm³/mol. The minimum atomic E-state index is -4.46. The van der Waals surface area contributed by atoms with E-state index in [-0.39, 0.29) is 16.4 Å². The summed E-state index contributed by atoms with van der Waals surface area (Å²) in [5, 5.41) is 10.9. The Morgan fingerprint density at radius 2 is 1.79 bits per heavy atom.